The van der Waals surface area contributed by atoms with Crippen molar-refractivity contribution < 1.29 is 9.84 Å². The molecule has 1 aromatic rings. The molecule has 1 N–H and O–H groups in total. The molecule has 1 aliphatic rings. The Morgan fingerprint density at radius 2 is 2.00 bits per heavy atom. The summed E-state index contributed by atoms with van der Waals surface area (Å²) < 4.78 is 5.85. The number of hydrogen-bond acceptors (Lipinski definition) is 3. The maximum atomic E-state index is 9.79. The molecule has 0 aromatic heterocycles. The first-order valence-corrected chi connectivity index (χ1v) is 7.30. The molecule has 1 aliphatic heterocycles. The molecule has 1 fully saturated rings. The summed E-state index contributed by atoms with van der Waals surface area (Å²) in [6, 6.07) is 6.00. The normalized spacial score (nSPS) is 18.3. The molecular weight excluding hydrogens is 238 g/mol. The van der Waals surface area contributed by atoms with Gasteiger partial charge in [-0.15, -0.1) is 0 Å². The van der Waals surface area contributed by atoms with E-state index in [0.717, 1.165) is 23.4 Å². The Kier molecular flexibility index (Phi) is 5.23. The van der Waals surface area contributed by atoms with Gasteiger partial charge in [0.15, 0.2) is 0 Å². The van der Waals surface area contributed by atoms with Gasteiger partial charge in [-0.1, -0.05) is 18.1 Å². The number of likely N-dealkylation sites (tertiary alicyclic amines) is 1. The lowest BCUT2D eigenvalue weighted by Crippen LogP contribution is -2.33. The molecule has 0 saturated carbocycles. The van der Waals surface area contributed by atoms with Crippen molar-refractivity contribution in [3.63, 3.8) is 0 Å². The minimum atomic E-state index is -0.482. The Morgan fingerprint density at radius 3 is 2.68 bits per heavy atom. The first kappa shape index (κ1) is 14.4. The fourth-order valence-electron chi connectivity index (χ4n) is 2.59. The SMILES string of the molecule is Cc1ccc(OCCN2CCCCC2)c([C@@H](C)O)c1. The van der Waals surface area contributed by atoms with Gasteiger partial charge in [0, 0.05) is 12.1 Å². The molecule has 0 unspecified atom stereocenters. The molecule has 0 spiro atoms. The Balaban J connectivity index is 1.88. The molecular formula is C16H25NO2. The quantitative estimate of drug-likeness (QED) is 0.886. The van der Waals surface area contributed by atoms with E-state index in [1.165, 1.54) is 32.4 Å². The van der Waals surface area contributed by atoms with Crippen LogP contribution >= 0.6 is 0 Å². The van der Waals surface area contributed by atoms with Gasteiger partial charge < -0.3 is 9.84 Å². The number of rotatable bonds is 5. The van der Waals surface area contributed by atoms with Gasteiger partial charge in [0.1, 0.15) is 12.4 Å². The van der Waals surface area contributed by atoms with Crippen LogP contribution in [0.1, 0.15) is 43.4 Å². The van der Waals surface area contributed by atoms with Crippen LogP contribution in [-0.2, 0) is 0 Å². The first-order valence-electron chi connectivity index (χ1n) is 7.30. The Labute approximate surface area is 116 Å². The van der Waals surface area contributed by atoms with Crippen molar-refractivity contribution in [3.05, 3.63) is 29.3 Å². The van der Waals surface area contributed by atoms with Gasteiger partial charge in [0.25, 0.3) is 0 Å². The van der Waals surface area contributed by atoms with Gasteiger partial charge in [-0.05, 0) is 51.9 Å². The van der Waals surface area contributed by atoms with Crippen molar-refractivity contribution in [1.82, 2.24) is 4.90 Å². The Morgan fingerprint density at radius 1 is 1.26 bits per heavy atom. The van der Waals surface area contributed by atoms with E-state index in [2.05, 4.69) is 4.90 Å². The summed E-state index contributed by atoms with van der Waals surface area (Å²) in [6.07, 6.45) is 3.50. The molecule has 1 aromatic carbocycles. The summed E-state index contributed by atoms with van der Waals surface area (Å²) in [5.41, 5.74) is 2.04. The van der Waals surface area contributed by atoms with Crippen LogP contribution in [0, 0.1) is 6.92 Å². The molecule has 2 rings (SSSR count). The van der Waals surface area contributed by atoms with Gasteiger partial charge in [0.05, 0.1) is 6.10 Å². The van der Waals surface area contributed by atoms with E-state index in [4.69, 9.17) is 4.74 Å². The summed E-state index contributed by atoms with van der Waals surface area (Å²) in [5.74, 6) is 0.817. The summed E-state index contributed by atoms with van der Waals surface area (Å²) in [6.45, 7) is 7.88. The maximum absolute atomic E-state index is 9.79. The lowest BCUT2D eigenvalue weighted by molar-refractivity contribution is 0.171. The Hall–Kier alpha value is -1.06. The van der Waals surface area contributed by atoms with Crippen LogP contribution in [0.5, 0.6) is 5.75 Å². The predicted molar refractivity (Wildman–Crippen MR) is 77.6 cm³/mol. The van der Waals surface area contributed by atoms with Crippen LogP contribution in [0.2, 0.25) is 0 Å². The van der Waals surface area contributed by atoms with E-state index in [0.29, 0.717) is 6.61 Å². The molecule has 1 atom stereocenters. The van der Waals surface area contributed by atoms with Gasteiger partial charge in [-0.2, -0.15) is 0 Å². The number of ether oxygens (including phenoxy) is 1. The predicted octanol–water partition coefficient (Wildman–Crippen LogP) is 2.91. The van der Waals surface area contributed by atoms with Gasteiger partial charge in [-0.3, -0.25) is 4.90 Å². The van der Waals surface area contributed by atoms with Crippen LogP contribution in [-0.4, -0.2) is 36.2 Å². The van der Waals surface area contributed by atoms with Crippen molar-refractivity contribution in [2.24, 2.45) is 0 Å². The van der Waals surface area contributed by atoms with Crippen LogP contribution in [0.4, 0.5) is 0 Å². The van der Waals surface area contributed by atoms with E-state index in [1.54, 1.807) is 6.92 Å². The van der Waals surface area contributed by atoms with E-state index in [9.17, 15) is 5.11 Å². The number of hydrogen-bond donors (Lipinski definition) is 1. The van der Waals surface area contributed by atoms with Crippen molar-refractivity contribution >= 4 is 0 Å². The van der Waals surface area contributed by atoms with Gasteiger partial charge >= 0.3 is 0 Å². The number of benzene rings is 1. The second kappa shape index (κ2) is 6.92. The van der Waals surface area contributed by atoms with Crippen molar-refractivity contribution in [2.75, 3.05) is 26.2 Å². The smallest absolute Gasteiger partial charge is 0.125 e. The summed E-state index contributed by atoms with van der Waals surface area (Å²) in [4.78, 5) is 2.46. The third-order valence-corrected chi connectivity index (χ3v) is 3.73. The summed E-state index contributed by atoms with van der Waals surface area (Å²) in [7, 11) is 0. The summed E-state index contributed by atoms with van der Waals surface area (Å²) >= 11 is 0. The molecule has 0 bridgehead atoms. The monoisotopic (exact) mass is 263 g/mol. The standard InChI is InChI=1S/C16H25NO2/c1-13-6-7-16(15(12-13)14(2)18)19-11-10-17-8-4-3-5-9-17/h6-7,12,14,18H,3-5,8-11H2,1-2H3/t14-/m1/s1. The van der Waals surface area contributed by atoms with Crippen LogP contribution in [0.15, 0.2) is 18.2 Å². The number of aryl methyl sites for hydroxylation is 1. The molecule has 3 nitrogen and oxygen atoms in total. The second-order valence-electron chi connectivity index (χ2n) is 5.47. The third kappa shape index (κ3) is 4.22. The highest BCUT2D eigenvalue weighted by atomic mass is 16.5. The average Bonchev–Trinajstić information content (AvgIpc) is 2.41. The second-order valence-corrected chi connectivity index (χ2v) is 5.47. The molecule has 1 saturated heterocycles. The zero-order valence-corrected chi connectivity index (χ0v) is 12.1. The van der Waals surface area contributed by atoms with Crippen LogP contribution in [0.25, 0.3) is 0 Å². The molecule has 106 valence electrons. The maximum Gasteiger partial charge on any atom is 0.125 e. The highest BCUT2D eigenvalue weighted by Gasteiger charge is 2.12. The van der Waals surface area contributed by atoms with Crippen molar-refractivity contribution in [3.8, 4) is 5.75 Å². The van der Waals surface area contributed by atoms with Crippen molar-refractivity contribution in [1.29, 1.82) is 0 Å². The molecule has 1 heterocycles. The topological polar surface area (TPSA) is 32.7 Å². The lowest BCUT2D eigenvalue weighted by atomic mass is 10.1. The number of piperidine rings is 1. The van der Waals surface area contributed by atoms with E-state index in [-0.39, 0.29) is 0 Å². The fourth-order valence-corrected chi connectivity index (χ4v) is 2.59. The fraction of sp³-hybridized carbons (Fsp3) is 0.625. The van der Waals surface area contributed by atoms with Crippen LogP contribution < -0.4 is 4.74 Å². The third-order valence-electron chi connectivity index (χ3n) is 3.73. The number of nitrogens with zero attached hydrogens (tertiary/aromatic N) is 1. The molecule has 3 heteroatoms. The largest absolute Gasteiger partial charge is 0.492 e. The zero-order valence-electron chi connectivity index (χ0n) is 12.1. The summed E-state index contributed by atoms with van der Waals surface area (Å²) in [5, 5.41) is 9.79. The minimum absolute atomic E-state index is 0.482. The lowest BCUT2D eigenvalue weighted by Gasteiger charge is -2.26. The van der Waals surface area contributed by atoms with E-state index < -0.39 is 6.10 Å². The highest BCUT2D eigenvalue weighted by Crippen LogP contribution is 2.26. The average molecular weight is 263 g/mol. The number of aliphatic hydroxyl groups excluding tert-OH is 1. The van der Waals surface area contributed by atoms with E-state index in [1.807, 2.05) is 25.1 Å². The Bertz CT molecular complexity index is 398. The van der Waals surface area contributed by atoms with Crippen LogP contribution in [0.3, 0.4) is 0 Å². The van der Waals surface area contributed by atoms with E-state index >= 15 is 0 Å². The van der Waals surface area contributed by atoms with Gasteiger partial charge in [0.2, 0.25) is 0 Å². The zero-order chi connectivity index (χ0) is 13.7. The first-order chi connectivity index (χ1) is 9.16. The molecule has 19 heavy (non-hydrogen) atoms. The number of aliphatic hydroxyl groups is 1. The van der Waals surface area contributed by atoms with Gasteiger partial charge in [-0.25, -0.2) is 0 Å². The minimum Gasteiger partial charge on any atom is -0.492 e. The molecule has 0 amide bonds. The molecule has 0 aliphatic carbocycles. The highest BCUT2D eigenvalue weighted by molar-refractivity contribution is 5.38. The molecule has 0 radical (unpaired) electrons. The van der Waals surface area contributed by atoms with Crippen molar-refractivity contribution in [2.45, 2.75) is 39.2 Å².